The van der Waals surface area contributed by atoms with Gasteiger partial charge in [0.1, 0.15) is 12.4 Å². The first-order valence-corrected chi connectivity index (χ1v) is 11.6. The van der Waals surface area contributed by atoms with E-state index in [4.69, 9.17) is 4.74 Å². The average Bonchev–Trinajstić information content (AvgIpc) is 2.66. The third-order valence-electron chi connectivity index (χ3n) is 4.73. The van der Waals surface area contributed by atoms with Crippen molar-refractivity contribution >= 4 is 19.9 Å². The molecule has 6 nitrogen and oxygen atoms in total. The number of hydrogen-bond donors (Lipinski definition) is 0. The molecule has 1 fully saturated rings. The standard InChI is InChI=1S/C16H23NO5S2/c1-13-15-6-2-3-7-16(15)22-9-8-17(13)24(20,21)12-14-5-4-10-23(18,19)11-14/h2-3,6-7,13-14H,4-5,8-12H2,1H3. The smallest absolute Gasteiger partial charge is 0.215 e. The Hall–Kier alpha value is -1.12. The molecule has 2 heterocycles. The molecule has 0 radical (unpaired) electrons. The van der Waals surface area contributed by atoms with Gasteiger partial charge in [-0.2, -0.15) is 4.31 Å². The molecule has 0 N–H and O–H groups in total. The lowest BCUT2D eigenvalue weighted by atomic mass is 10.1. The molecule has 1 aromatic rings. The highest BCUT2D eigenvalue weighted by Gasteiger charge is 2.35. The second-order valence-electron chi connectivity index (χ2n) is 6.57. The molecule has 0 spiro atoms. The first-order valence-electron chi connectivity index (χ1n) is 8.20. The molecular formula is C16H23NO5S2. The maximum atomic E-state index is 12.9. The van der Waals surface area contributed by atoms with Gasteiger partial charge in [0.2, 0.25) is 10.0 Å². The Balaban J connectivity index is 1.81. The van der Waals surface area contributed by atoms with Crippen LogP contribution in [0.15, 0.2) is 24.3 Å². The lowest BCUT2D eigenvalue weighted by Crippen LogP contribution is -2.40. The van der Waals surface area contributed by atoms with E-state index >= 15 is 0 Å². The molecule has 0 amide bonds. The van der Waals surface area contributed by atoms with Gasteiger partial charge >= 0.3 is 0 Å². The number of ether oxygens (including phenoxy) is 1. The second-order valence-corrected chi connectivity index (χ2v) is 10.8. The van der Waals surface area contributed by atoms with Crippen molar-refractivity contribution in [3.63, 3.8) is 0 Å². The van der Waals surface area contributed by atoms with E-state index in [-0.39, 0.29) is 35.8 Å². The summed E-state index contributed by atoms with van der Waals surface area (Å²) in [4.78, 5) is 0. The van der Waals surface area contributed by atoms with E-state index in [0.29, 0.717) is 25.2 Å². The molecule has 1 aromatic carbocycles. The van der Waals surface area contributed by atoms with Crippen LogP contribution in [0.4, 0.5) is 0 Å². The van der Waals surface area contributed by atoms with Gasteiger partial charge in [-0.1, -0.05) is 18.2 Å². The molecule has 0 aromatic heterocycles. The SMILES string of the molecule is CC1c2ccccc2OCCN1S(=O)(=O)CC1CCCS(=O)(=O)C1. The molecule has 2 aliphatic rings. The molecule has 134 valence electrons. The number of rotatable bonds is 3. The van der Waals surface area contributed by atoms with Gasteiger partial charge in [0.05, 0.1) is 23.3 Å². The summed E-state index contributed by atoms with van der Waals surface area (Å²) in [5, 5.41) is 0. The van der Waals surface area contributed by atoms with Crippen LogP contribution in [0, 0.1) is 5.92 Å². The largest absolute Gasteiger partial charge is 0.492 e. The fraction of sp³-hybridized carbons (Fsp3) is 0.625. The van der Waals surface area contributed by atoms with Crippen LogP contribution >= 0.6 is 0 Å². The summed E-state index contributed by atoms with van der Waals surface area (Å²) in [5.41, 5.74) is 0.842. The van der Waals surface area contributed by atoms with Gasteiger partial charge in [0, 0.05) is 12.1 Å². The fourth-order valence-electron chi connectivity index (χ4n) is 3.57. The van der Waals surface area contributed by atoms with Gasteiger partial charge < -0.3 is 4.74 Å². The molecule has 24 heavy (non-hydrogen) atoms. The molecule has 1 saturated heterocycles. The van der Waals surface area contributed by atoms with Crippen LogP contribution in [0.1, 0.15) is 31.4 Å². The van der Waals surface area contributed by atoms with E-state index in [9.17, 15) is 16.8 Å². The second kappa shape index (κ2) is 6.65. The van der Waals surface area contributed by atoms with Crippen molar-refractivity contribution in [3.8, 4) is 5.75 Å². The van der Waals surface area contributed by atoms with Crippen LogP contribution in [-0.2, 0) is 19.9 Å². The van der Waals surface area contributed by atoms with Gasteiger partial charge in [-0.3, -0.25) is 0 Å². The van der Waals surface area contributed by atoms with Crippen LogP contribution in [0.5, 0.6) is 5.75 Å². The Morgan fingerprint density at radius 2 is 2.04 bits per heavy atom. The molecule has 8 heteroatoms. The summed E-state index contributed by atoms with van der Waals surface area (Å²) >= 11 is 0. The number of sulfone groups is 1. The van der Waals surface area contributed by atoms with Crippen molar-refractivity contribution in [2.24, 2.45) is 5.92 Å². The van der Waals surface area contributed by atoms with Crippen LogP contribution in [0.25, 0.3) is 0 Å². The Kier molecular flexibility index (Phi) is 4.90. The molecule has 3 rings (SSSR count). The third kappa shape index (κ3) is 3.75. The number of hydrogen-bond acceptors (Lipinski definition) is 5. The van der Waals surface area contributed by atoms with E-state index in [1.807, 2.05) is 31.2 Å². The predicted molar refractivity (Wildman–Crippen MR) is 92.2 cm³/mol. The van der Waals surface area contributed by atoms with Crippen LogP contribution in [0.2, 0.25) is 0 Å². The topological polar surface area (TPSA) is 80.8 Å². The van der Waals surface area contributed by atoms with Crippen molar-refractivity contribution in [2.45, 2.75) is 25.8 Å². The molecule has 0 aliphatic carbocycles. The number of benzene rings is 1. The first-order chi connectivity index (χ1) is 11.3. The van der Waals surface area contributed by atoms with Crippen LogP contribution < -0.4 is 4.74 Å². The van der Waals surface area contributed by atoms with Crippen molar-refractivity contribution in [1.82, 2.24) is 4.31 Å². The zero-order chi connectivity index (χ0) is 17.4. The monoisotopic (exact) mass is 373 g/mol. The first kappa shape index (κ1) is 17.7. The van der Waals surface area contributed by atoms with Gasteiger partial charge in [-0.15, -0.1) is 0 Å². The van der Waals surface area contributed by atoms with Crippen molar-refractivity contribution < 1.29 is 21.6 Å². The van der Waals surface area contributed by atoms with E-state index in [2.05, 4.69) is 0 Å². The predicted octanol–water partition coefficient (Wildman–Crippen LogP) is 1.60. The zero-order valence-electron chi connectivity index (χ0n) is 13.7. The van der Waals surface area contributed by atoms with E-state index in [1.54, 1.807) is 0 Å². The Morgan fingerprint density at radius 3 is 2.79 bits per heavy atom. The van der Waals surface area contributed by atoms with Gasteiger partial charge in [-0.05, 0) is 31.7 Å². The Bertz CT molecular complexity index is 804. The fourth-order valence-corrected chi connectivity index (χ4v) is 7.52. The maximum absolute atomic E-state index is 12.9. The minimum Gasteiger partial charge on any atom is -0.492 e. The summed E-state index contributed by atoms with van der Waals surface area (Å²) in [7, 11) is -6.67. The maximum Gasteiger partial charge on any atom is 0.215 e. The van der Waals surface area contributed by atoms with Crippen molar-refractivity contribution in [1.29, 1.82) is 0 Å². The number of sulfonamides is 1. The Labute approximate surface area is 143 Å². The van der Waals surface area contributed by atoms with Crippen molar-refractivity contribution in [3.05, 3.63) is 29.8 Å². The average molecular weight is 373 g/mol. The summed E-state index contributed by atoms with van der Waals surface area (Å²) < 4.78 is 56.5. The molecule has 2 atom stereocenters. The summed E-state index contributed by atoms with van der Waals surface area (Å²) in [6, 6.07) is 7.12. The summed E-state index contributed by atoms with van der Waals surface area (Å²) in [6.07, 6.45) is 1.19. The lowest BCUT2D eigenvalue weighted by Gasteiger charge is -2.29. The molecular weight excluding hydrogens is 350 g/mol. The highest BCUT2D eigenvalue weighted by atomic mass is 32.2. The van der Waals surface area contributed by atoms with Gasteiger partial charge in [0.15, 0.2) is 9.84 Å². The zero-order valence-corrected chi connectivity index (χ0v) is 15.4. The summed E-state index contributed by atoms with van der Waals surface area (Å²) in [6.45, 7) is 2.42. The highest BCUT2D eigenvalue weighted by Crippen LogP contribution is 2.34. The normalized spacial score (nSPS) is 27.7. The van der Waals surface area contributed by atoms with Gasteiger partial charge in [-0.25, -0.2) is 16.8 Å². The number of para-hydroxylation sites is 1. The van der Waals surface area contributed by atoms with E-state index < -0.39 is 19.9 Å². The third-order valence-corrected chi connectivity index (χ3v) is 8.73. The highest BCUT2D eigenvalue weighted by molar-refractivity contribution is 7.91. The summed E-state index contributed by atoms with van der Waals surface area (Å²) in [5.74, 6) is 0.425. The van der Waals surface area contributed by atoms with Crippen LogP contribution in [-0.4, -0.2) is 51.6 Å². The molecule has 2 aliphatic heterocycles. The number of fused-ring (bicyclic) bond motifs is 1. The van der Waals surface area contributed by atoms with E-state index in [0.717, 1.165) is 5.56 Å². The Morgan fingerprint density at radius 1 is 1.29 bits per heavy atom. The van der Waals surface area contributed by atoms with Gasteiger partial charge in [0.25, 0.3) is 0 Å². The minimum absolute atomic E-state index is 0.0263. The molecule has 2 unspecified atom stereocenters. The molecule has 0 saturated carbocycles. The van der Waals surface area contributed by atoms with Crippen LogP contribution in [0.3, 0.4) is 0 Å². The lowest BCUT2D eigenvalue weighted by molar-refractivity contribution is 0.277. The van der Waals surface area contributed by atoms with Crippen molar-refractivity contribution in [2.75, 3.05) is 30.4 Å². The minimum atomic E-state index is -3.56. The number of nitrogens with zero attached hydrogens (tertiary/aromatic N) is 1. The molecule has 0 bridgehead atoms. The quantitative estimate of drug-likeness (QED) is 0.804. The van der Waals surface area contributed by atoms with E-state index in [1.165, 1.54) is 4.31 Å².